The monoisotopic (exact) mass is 318 g/mol. The van der Waals surface area contributed by atoms with Crippen LogP contribution in [0.1, 0.15) is 25.8 Å². The largest absolute Gasteiger partial charge is 0.488 e. The fourth-order valence-corrected chi connectivity index (χ4v) is 3.27. The van der Waals surface area contributed by atoms with E-state index in [9.17, 15) is 17.6 Å². The summed E-state index contributed by atoms with van der Waals surface area (Å²) in [5, 5.41) is 0. The molecule has 3 nitrogen and oxygen atoms in total. The van der Waals surface area contributed by atoms with Crippen molar-refractivity contribution in [3.05, 3.63) is 17.8 Å². The molecule has 0 radical (unpaired) electrons. The van der Waals surface area contributed by atoms with E-state index < -0.39 is 17.9 Å². The number of halogens is 4. The Morgan fingerprint density at radius 3 is 2.73 bits per heavy atom. The summed E-state index contributed by atoms with van der Waals surface area (Å²) in [5.41, 5.74) is -0.849. The van der Waals surface area contributed by atoms with E-state index in [2.05, 4.69) is 4.98 Å². The number of aromatic nitrogens is 1. The number of anilines is 1. The van der Waals surface area contributed by atoms with E-state index in [1.807, 2.05) is 13.8 Å². The molecule has 1 fully saturated rings. The van der Waals surface area contributed by atoms with Gasteiger partial charge in [0.1, 0.15) is 12.8 Å². The van der Waals surface area contributed by atoms with Crippen LogP contribution in [0.15, 0.2) is 12.3 Å². The molecule has 3 atom stereocenters. The number of ether oxygens (including phenoxy) is 1. The summed E-state index contributed by atoms with van der Waals surface area (Å²) in [5.74, 6) is 0.565. The molecule has 1 aromatic rings. The lowest BCUT2D eigenvalue weighted by Crippen LogP contribution is -2.54. The van der Waals surface area contributed by atoms with Crippen molar-refractivity contribution < 1.29 is 22.3 Å². The molecule has 1 aromatic heterocycles. The minimum atomic E-state index is -4.46. The smallest absolute Gasteiger partial charge is 0.418 e. The quantitative estimate of drug-likeness (QED) is 0.739. The van der Waals surface area contributed by atoms with Crippen LogP contribution in [0.25, 0.3) is 0 Å². The maximum atomic E-state index is 14.3. The molecule has 0 aromatic carbocycles. The van der Waals surface area contributed by atoms with E-state index in [4.69, 9.17) is 4.74 Å². The summed E-state index contributed by atoms with van der Waals surface area (Å²) in [6.45, 7) is 4.39. The fourth-order valence-electron chi connectivity index (χ4n) is 3.27. The van der Waals surface area contributed by atoms with E-state index in [1.165, 1.54) is 0 Å². The first-order valence-corrected chi connectivity index (χ1v) is 7.38. The molecule has 3 rings (SSSR count). The van der Waals surface area contributed by atoms with Crippen molar-refractivity contribution in [2.75, 3.05) is 18.1 Å². The first kappa shape index (κ1) is 15.4. The topological polar surface area (TPSA) is 25.4 Å². The van der Waals surface area contributed by atoms with Crippen LogP contribution in [-0.4, -0.2) is 30.3 Å². The predicted octanol–water partition coefficient (Wildman–Crippen LogP) is 3.68. The molecular formula is C15H18F4N2O. The van der Waals surface area contributed by atoms with Crippen molar-refractivity contribution in [2.24, 2.45) is 11.8 Å². The summed E-state index contributed by atoms with van der Waals surface area (Å²) in [7, 11) is 0. The molecule has 122 valence electrons. The minimum absolute atomic E-state index is 0.0314. The second-order valence-corrected chi connectivity index (χ2v) is 6.32. The van der Waals surface area contributed by atoms with Crippen LogP contribution in [0.4, 0.5) is 23.4 Å². The summed E-state index contributed by atoms with van der Waals surface area (Å²) in [6.07, 6.45) is -4.06. The Morgan fingerprint density at radius 1 is 1.36 bits per heavy atom. The lowest BCUT2D eigenvalue weighted by atomic mass is 9.81. The van der Waals surface area contributed by atoms with Crippen molar-refractivity contribution in [2.45, 2.75) is 38.7 Å². The molecule has 0 N–H and O–H groups in total. The van der Waals surface area contributed by atoms with Gasteiger partial charge >= 0.3 is 6.18 Å². The number of rotatable bonds is 1. The van der Waals surface area contributed by atoms with Gasteiger partial charge in [-0.15, -0.1) is 0 Å². The standard InChI is InChI=1S/C15H18F4N2O/c1-8(2)11-4-10-7-22-13-3-9(15(17,18)19)5-20-14(13)21(10)6-12(11)16/h3,5,8,10-12H,4,6-7H2,1-2H3. The second kappa shape index (κ2) is 5.28. The van der Waals surface area contributed by atoms with Crippen molar-refractivity contribution in [3.8, 4) is 5.75 Å². The molecule has 3 unspecified atom stereocenters. The van der Waals surface area contributed by atoms with Gasteiger partial charge in [0.2, 0.25) is 0 Å². The zero-order valence-electron chi connectivity index (χ0n) is 12.4. The van der Waals surface area contributed by atoms with Crippen LogP contribution in [0, 0.1) is 11.8 Å². The Balaban J connectivity index is 1.88. The Kier molecular flexibility index (Phi) is 3.69. The molecule has 2 aliphatic heterocycles. The van der Waals surface area contributed by atoms with E-state index in [-0.39, 0.29) is 36.8 Å². The van der Waals surface area contributed by atoms with Gasteiger partial charge in [-0.2, -0.15) is 13.2 Å². The zero-order chi connectivity index (χ0) is 16.1. The van der Waals surface area contributed by atoms with Crippen LogP contribution >= 0.6 is 0 Å². The predicted molar refractivity (Wildman–Crippen MR) is 73.7 cm³/mol. The normalized spacial score (nSPS) is 28.1. The van der Waals surface area contributed by atoms with Gasteiger partial charge in [-0.1, -0.05) is 13.8 Å². The number of hydrogen-bond acceptors (Lipinski definition) is 3. The summed E-state index contributed by atoms with van der Waals surface area (Å²) in [4.78, 5) is 5.64. The number of pyridine rings is 1. The van der Waals surface area contributed by atoms with Crippen LogP contribution in [0.2, 0.25) is 0 Å². The van der Waals surface area contributed by atoms with Crippen molar-refractivity contribution >= 4 is 5.82 Å². The molecule has 7 heteroatoms. The lowest BCUT2D eigenvalue weighted by Gasteiger charge is -2.45. The number of fused-ring (bicyclic) bond motifs is 3. The lowest BCUT2D eigenvalue weighted by molar-refractivity contribution is -0.138. The Labute approximate surface area is 126 Å². The molecule has 0 spiro atoms. The summed E-state index contributed by atoms with van der Waals surface area (Å²) in [6, 6.07) is 0.913. The van der Waals surface area contributed by atoms with Crippen LogP contribution in [0.5, 0.6) is 5.75 Å². The summed E-state index contributed by atoms with van der Waals surface area (Å²) >= 11 is 0. The molecule has 2 aliphatic rings. The van der Waals surface area contributed by atoms with Gasteiger partial charge < -0.3 is 9.64 Å². The molecule has 0 bridgehead atoms. The number of piperidine rings is 1. The highest BCUT2D eigenvalue weighted by atomic mass is 19.4. The third kappa shape index (κ3) is 2.61. The van der Waals surface area contributed by atoms with Gasteiger partial charge in [0.15, 0.2) is 11.6 Å². The van der Waals surface area contributed by atoms with Gasteiger partial charge in [-0.3, -0.25) is 0 Å². The highest BCUT2D eigenvalue weighted by molar-refractivity contribution is 5.57. The van der Waals surface area contributed by atoms with E-state index in [0.717, 1.165) is 12.3 Å². The van der Waals surface area contributed by atoms with E-state index in [0.29, 0.717) is 12.2 Å². The van der Waals surface area contributed by atoms with Gasteiger partial charge in [0.05, 0.1) is 18.2 Å². The van der Waals surface area contributed by atoms with E-state index >= 15 is 0 Å². The first-order chi connectivity index (χ1) is 10.3. The maximum Gasteiger partial charge on any atom is 0.418 e. The average molecular weight is 318 g/mol. The third-order valence-electron chi connectivity index (χ3n) is 4.54. The molecule has 0 amide bonds. The van der Waals surface area contributed by atoms with E-state index in [1.54, 1.807) is 4.90 Å². The Morgan fingerprint density at radius 2 is 2.09 bits per heavy atom. The van der Waals surface area contributed by atoms with Gasteiger partial charge in [0.25, 0.3) is 0 Å². The number of nitrogens with zero attached hydrogens (tertiary/aromatic N) is 2. The van der Waals surface area contributed by atoms with Gasteiger partial charge in [-0.05, 0) is 24.3 Å². The number of hydrogen-bond donors (Lipinski definition) is 0. The van der Waals surface area contributed by atoms with Crippen molar-refractivity contribution in [1.82, 2.24) is 4.98 Å². The average Bonchev–Trinajstić information content (AvgIpc) is 2.44. The van der Waals surface area contributed by atoms with Gasteiger partial charge in [0, 0.05) is 6.20 Å². The second-order valence-electron chi connectivity index (χ2n) is 6.32. The number of alkyl halides is 4. The fraction of sp³-hybridized carbons (Fsp3) is 0.667. The minimum Gasteiger partial charge on any atom is -0.488 e. The first-order valence-electron chi connectivity index (χ1n) is 7.38. The summed E-state index contributed by atoms with van der Waals surface area (Å²) < 4.78 is 58.0. The van der Waals surface area contributed by atoms with Crippen LogP contribution < -0.4 is 9.64 Å². The van der Waals surface area contributed by atoms with Crippen LogP contribution in [-0.2, 0) is 6.18 Å². The van der Waals surface area contributed by atoms with Crippen molar-refractivity contribution in [3.63, 3.8) is 0 Å². The maximum absolute atomic E-state index is 14.3. The highest BCUT2D eigenvalue weighted by Crippen LogP contribution is 2.42. The molecule has 0 aliphatic carbocycles. The van der Waals surface area contributed by atoms with Crippen molar-refractivity contribution in [1.29, 1.82) is 0 Å². The molecule has 3 heterocycles. The zero-order valence-corrected chi connectivity index (χ0v) is 12.4. The Hall–Kier alpha value is -1.53. The van der Waals surface area contributed by atoms with Gasteiger partial charge in [-0.25, -0.2) is 9.37 Å². The Bertz CT molecular complexity index is 561. The molecular weight excluding hydrogens is 300 g/mol. The third-order valence-corrected chi connectivity index (χ3v) is 4.54. The molecule has 22 heavy (non-hydrogen) atoms. The highest BCUT2D eigenvalue weighted by Gasteiger charge is 2.42. The molecule has 0 saturated carbocycles. The SMILES string of the molecule is CC(C)C1CC2COc3cc(C(F)(F)F)cnc3N2CC1F. The van der Waals surface area contributed by atoms with Crippen LogP contribution in [0.3, 0.4) is 0 Å². The molecule has 1 saturated heterocycles.